The molecule has 0 saturated carbocycles. The van der Waals surface area contributed by atoms with Gasteiger partial charge in [0.2, 0.25) is 17.7 Å². The summed E-state index contributed by atoms with van der Waals surface area (Å²) in [6, 6.07) is 24.4. The summed E-state index contributed by atoms with van der Waals surface area (Å²) in [5, 5.41) is 15.0. The molecule has 9 nitrogen and oxygen atoms in total. The number of hydrogen-bond donors (Lipinski definition) is 4. The van der Waals surface area contributed by atoms with Crippen LogP contribution in [0.4, 0.5) is 0 Å². The van der Waals surface area contributed by atoms with Crippen LogP contribution in [-0.2, 0) is 22.7 Å². The average molecular weight is 710 g/mol. The lowest BCUT2D eigenvalue weighted by Gasteiger charge is -2.16. The van der Waals surface area contributed by atoms with Crippen molar-refractivity contribution in [2.24, 2.45) is 0 Å². The number of nitrogens with one attached hydrogen (secondary N) is 4. The topological polar surface area (TPSA) is 117 Å². The number of ether oxygens (including phenoxy) is 1. The summed E-state index contributed by atoms with van der Waals surface area (Å²) in [5.74, 6) is 0.743. The minimum atomic E-state index is 0.103. The Kier molecular flexibility index (Phi) is 10.3. The summed E-state index contributed by atoms with van der Waals surface area (Å²) < 4.78 is 5.66. The third kappa shape index (κ3) is 7.46. The van der Waals surface area contributed by atoms with Crippen molar-refractivity contribution >= 4 is 45.9 Å². The second-order valence-corrected chi connectivity index (χ2v) is 13.6. The SMILES string of the molecule is COc1nc(-c2cccc(-c3cccc(-c4cnc5cc(CNCC6CCC(=O)N6)ccc5c4)c3Cl)c2Cl)ccc1CNCC1CCC(=O)N1. The molecule has 7 rings (SSSR count). The summed E-state index contributed by atoms with van der Waals surface area (Å²) in [6.07, 6.45) is 4.75. The van der Waals surface area contributed by atoms with Crippen LogP contribution in [0.5, 0.6) is 5.88 Å². The van der Waals surface area contributed by atoms with Gasteiger partial charge in [0.1, 0.15) is 0 Å². The molecule has 256 valence electrons. The normalized spacial score (nSPS) is 17.3. The van der Waals surface area contributed by atoms with Crippen molar-refractivity contribution in [1.82, 2.24) is 31.2 Å². The second-order valence-electron chi connectivity index (χ2n) is 12.8. The first-order valence-corrected chi connectivity index (χ1v) is 17.6. The Balaban J connectivity index is 1.08. The Bertz CT molecular complexity index is 2070. The number of benzene rings is 3. The van der Waals surface area contributed by atoms with Crippen molar-refractivity contribution in [2.45, 2.75) is 50.9 Å². The molecule has 2 amide bonds. The molecule has 2 unspecified atom stereocenters. The van der Waals surface area contributed by atoms with Crippen molar-refractivity contribution in [1.29, 1.82) is 0 Å². The number of carbonyl (C=O) groups excluding carboxylic acids is 2. The molecular formula is C39H38Cl2N6O3. The second kappa shape index (κ2) is 15.1. The first kappa shape index (κ1) is 33.9. The lowest BCUT2D eigenvalue weighted by Crippen LogP contribution is -2.35. The molecule has 5 aromatic rings. The molecule has 2 atom stereocenters. The fraction of sp³-hybridized carbons (Fsp3) is 0.282. The predicted molar refractivity (Wildman–Crippen MR) is 198 cm³/mol. The van der Waals surface area contributed by atoms with Crippen LogP contribution >= 0.6 is 23.2 Å². The van der Waals surface area contributed by atoms with E-state index in [1.165, 1.54) is 0 Å². The summed E-state index contributed by atoms with van der Waals surface area (Å²) >= 11 is 14.2. The maximum atomic E-state index is 11.5. The monoisotopic (exact) mass is 708 g/mol. The van der Waals surface area contributed by atoms with E-state index in [0.717, 1.165) is 69.2 Å². The highest BCUT2D eigenvalue weighted by Crippen LogP contribution is 2.42. The lowest BCUT2D eigenvalue weighted by atomic mass is 9.96. The number of carbonyl (C=O) groups is 2. The predicted octanol–water partition coefficient (Wildman–Crippen LogP) is 6.68. The van der Waals surface area contributed by atoms with Gasteiger partial charge in [-0.25, -0.2) is 4.98 Å². The molecule has 2 saturated heterocycles. The lowest BCUT2D eigenvalue weighted by molar-refractivity contribution is -0.120. The van der Waals surface area contributed by atoms with Gasteiger partial charge >= 0.3 is 0 Å². The molecule has 4 N–H and O–H groups in total. The van der Waals surface area contributed by atoms with Crippen LogP contribution in [0.25, 0.3) is 44.4 Å². The van der Waals surface area contributed by atoms with Crippen molar-refractivity contribution in [3.63, 3.8) is 0 Å². The van der Waals surface area contributed by atoms with Gasteiger partial charge in [0.25, 0.3) is 0 Å². The van der Waals surface area contributed by atoms with Gasteiger partial charge in [-0.3, -0.25) is 14.6 Å². The Morgan fingerprint density at radius 2 is 1.42 bits per heavy atom. The molecule has 0 bridgehead atoms. The van der Waals surface area contributed by atoms with E-state index in [4.69, 9.17) is 37.9 Å². The summed E-state index contributed by atoms with van der Waals surface area (Å²) in [6.45, 7) is 2.69. The highest BCUT2D eigenvalue weighted by molar-refractivity contribution is 6.39. The quantitative estimate of drug-likeness (QED) is 0.114. The fourth-order valence-electron chi connectivity index (χ4n) is 6.69. The van der Waals surface area contributed by atoms with E-state index in [1.807, 2.05) is 54.7 Å². The Morgan fingerprint density at radius 1 is 0.780 bits per heavy atom. The highest BCUT2D eigenvalue weighted by Gasteiger charge is 2.22. The van der Waals surface area contributed by atoms with E-state index in [-0.39, 0.29) is 23.9 Å². The van der Waals surface area contributed by atoms with Crippen LogP contribution < -0.4 is 26.0 Å². The molecule has 2 fully saturated rings. The molecule has 50 heavy (non-hydrogen) atoms. The van der Waals surface area contributed by atoms with Crippen molar-refractivity contribution in [2.75, 3.05) is 20.2 Å². The van der Waals surface area contributed by atoms with E-state index in [1.54, 1.807) is 7.11 Å². The molecule has 11 heteroatoms. The maximum absolute atomic E-state index is 11.5. The molecule has 2 aliphatic heterocycles. The Morgan fingerprint density at radius 3 is 2.08 bits per heavy atom. The number of amides is 2. The van der Waals surface area contributed by atoms with E-state index in [0.29, 0.717) is 54.1 Å². The van der Waals surface area contributed by atoms with Gasteiger partial charge in [-0.1, -0.05) is 77.8 Å². The van der Waals surface area contributed by atoms with Crippen LogP contribution in [0.3, 0.4) is 0 Å². The number of fused-ring (bicyclic) bond motifs is 1. The van der Waals surface area contributed by atoms with Gasteiger partial charge in [0.05, 0.1) is 28.4 Å². The van der Waals surface area contributed by atoms with Crippen LogP contribution in [0.2, 0.25) is 10.0 Å². The third-order valence-electron chi connectivity index (χ3n) is 9.35. The number of pyridine rings is 2. The van der Waals surface area contributed by atoms with Crippen LogP contribution in [0, 0.1) is 0 Å². The highest BCUT2D eigenvalue weighted by atomic mass is 35.5. The number of halogens is 2. The summed E-state index contributed by atoms with van der Waals surface area (Å²) in [7, 11) is 1.61. The van der Waals surface area contributed by atoms with Gasteiger partial charge in [-0.15, -0.1) is 0 Å². The standard InChI is InChI=1S/C39H38Cl2N6O3/c1-50-39-25(19-43-22-28-12-15-36(49)46-28)10-13-33(47-39)32-7-3-6-31(38(32)41)30-5-2-4-29(37(30)40)26-17-24-9-8-23(16-34(24)44-20-26)18-42-21-27-11-14-35(48)45-27/h2-10,13,16-17,20,27-28,42-43H,11-12,14-15,18-19,21-22H2,1H3,(H,45,48)(H,46,49). The first-order valence-electron chi connectivity index (χ1n) is 16.9. The maximum Gasteiger partial charge on any atom is 0.220 e. The smallest absolute Gasteiger partial charge is 0.220 e. The van der Waals surface area contributed by atoms with E-state index in [9.17, 15) is 9.59 Å². The van der Waals surface area contributed by atoms with Gasteiger partial charge in [0.15, 0.2) is 0 Å². The molecule has 0 aliphatic carbocycles. The zero-order chi connectivity index (χ0) is 34.6. The number of aromatic nitrogens is 2. The largest absolute Gasteiger partial charge is 0.481 e. The Hall–Kier alpha value is -4.54. The van der Waals surface area contributed by atoms with Crippen LogP contribution in [0.1, 0.15) is 36.8 Å². The van der Waals surface area contributed by atoms with Crippen molar-refractivity contribution in [3.8, 4) is 39.4 Å². The van der Waals surface area contributed by atoms with E-state index >= 15 is 0 Å². The Labute approximate surface area is 301 Å². The summed E-state index contributed by atoms with van der Waals surface area (Å²) in [5.41, 5.74) is 7.77. The molecule has 2 aliphatic rings. The van der Waals surface area contributed by atoms with Gasteiger partial charge in [0, 0.05) is 96.1 Å². The molecule has 0 spiro atoms. The molecule has 3 aromatic carbocycles. The number of methoxy groups -OCH3 is 1. The van der Waals surface area contributed by atoms with Crippen LogP contribution in [0.15, 0.2) is 79.0 Å². The zero-order valence-corrected chi connectivity index (χ0v) is 29.2. The minimum Gasteiger partial charge on any atom is -0.481 e. The number of nitrogens with zero attached hydrogens (tertiary/aromatic N) is 2. The van der Waals surface area contributed by atoms with Gasteiger partial charge < -0.3 is 26.0 Å². The van der Waals surface area contributed by atoms with Gasteiger partial charge in [-0.05, 0) is 36.6 Å². The number of hydrogen-bond acceptors (Lipinski definition) is 7. The average Bonchev–Trinajstić information content (AvgIpc) is 3.75. The van der Waals surface area contributed by atoms with Gasteiger partial charge in [-0.2, -0.15) is 0 Å². The zero-order valence-electron chi connectivity index (χ0n) is 27.7. The molecule has 0 radical (unpaired) electrons. The molecule has 2 aromatic heterocycles. The van der Waals surface area contributed by atoms with Crippen molar-refractivity contribution in [3.05, 3.63) is 100 Å². The fourth-order valence-corrected chi connectivity index (χ4v) is 7.35. The van der Waals surface area contributed by atoms with E-state index in [2.05, 4.69) is 45.5 Å². The van der Waals surface area contributed by atoms with Crippen molar-refractivity contribution < 1.29 is 14.3 Å². The first-order chi connectivity index (χ1) is 24.4. The minimum absolute atomic E-state index is 0.103. The van der Waals surface area contributed by atoms with E-state index < -0.39 is 0 Å². The third-order valence-corrected chi connectivity index (χ3v) is 10.2. The summed E-state index contributed by atoms with van der Waals surface area (Å²) in [4.78, 5) is 32.6. The number of rotatable bonds is 12. The molecular weight excluding hydrogens is 671 g/mol. The van der Waals surface area contributed by atoms with Crippen LogP contribution in [-0.4, -0.2) is 54.1 Å². The molecule has 4 heterocycles.